The number of benzene rings is 1. The van der Waals surface area contributed by atoms with Crippen molar-refractivity contribution >= 4 is 29.0 Å². The highest BCUT2D eigenvalue weighted by Crippen LogP contribution is 2.33. The number of halogens is 1. The maximum atomic E-state index is 11.7. The quantitative estimate of drug-likeness (QED) is 0.775. The van der Waals surface area contributed by atoms with Gasteiger partial charge in [-0.2, -0.15) is 0 Å². The van der Waals surface area contributed by atoms with E-state index in [1.807, 2.05) is 6.92 Å². The molecular formula is C12H12ClNO3. The molecule has 1 amide bonds. The first kappa shape index (κ1) is 11.9. The standard InChI is InChI=1S/C12H12ClNO3/c1-2-17-11-4-3-8(13)5-10(11)14-7-9(15)6-12(14)16/h3-5H,2,6-7H2,1H3. The van der Waals surface area contributed by atoms with Crippen LogP contribution < -0.4 is 9.64 Å². The fourth-order valence-electron chi connectivity index (χ4n) is 1.78. The Morgan fingerprint density at radius 1 is 1.41 bits per heavy atom. The summed E-state index contributed by atoms with van der Waals surface area (Å²) in [5, 5.41) is 0.510. The van der Waals surface area contributed by atoms with Crippen molar-refractivity contribution in [3.63, 3.8) is 0 Å². The predicted molar refractivity (Wildman–Crippen MR) is 64.6 cm³/mol. The van der Waals surface area contributed by atoms with Crippen LogP contribution in [0.25, 0.3) is 0 Å². The number of Topliss-reactive ketones (excluding diaryl/α,β-unsaturated/α-hetero) is 1. The molecule has 90 valence electrons. The summed E-state index contributed by atoms with van der Waals surface area (Å²) < 4.78 is 5.42. The van der Waals surface area contributed by atoms with Crippen LogP contribution in [0.15, 0.2) is 18.2 Å². The van der Waals surface area contributed by atoms with E-state index in [1.165, 1.54) is 4.90 Å². The molecule has 1 aliphatic heterocycles. The second kappa shape index (κ2) is 4.75. The Kier molecular flexibility index (Phi) is 3.33. The van der Waals surface area contributed by atoms with Crippen LogP contribution in [0.4, 0.5) is 5.69 Å². The molecule has 1 aliphatic rings. The largest absolute Gasteiger partial charge is 0.492 e. The van der Waals surface area contributed by atoms with Crippen LogP contribution in [0.1, 0.15) is 13.3 Å². The number of carbonyl (C=O) groups excluding carboxylic acids is 2. The summed E-state index contributed by atoms with van der Waals surface area (Å²) in [6.45, 7) is 2.44. The molecule has 0 saturated carbocycles. The third kappa shape index (κ3) is 2.42. The minimum atomic E-state index is -0.210. The van der Waals surface area contributed by atoms with Gasteiger partial charge in [-0.25, -0.2) is 0 Å². The molecule has 1 fully saturated rings. The molecule has 0 atom stereocenters. The Hall–Kier alpha value is -1.55. The van der Waals surface area contributed by atoms with E-state index in [1.54, 1.807) is 18.2 Å². The maximum Gasteiger partial charge on any atom is 0.235 e. The minimum absolute atomic E-state index is 0.0436. The van der Waals surface area contributed by atoms with Gasteiger partial charge >= 0.3 is 0 Å². The monoisotopic (exact) mass is 253 g/mol. The van der Waals surface area contributed by atoms with E-state index in [4.69, 9.17) is 16.3 Å². The Morgan fingerprint density at radius 2 is 2.18 bits per heavy atom. The van der Waals surface area contributed by atoms with E-state index < -0.39 is 0 Å². The predicted octanol–water partition coefficient (Wildman–Crippen LogP) is 2.04. The lowest BCUT2D eigenvalue weighted by atomic mass is 10.2. The lowest BCUT2D eigenvalue weighted by molar-refractivity contribution is -0.121. The second-order valence-electron chi connectivity index (χ2n) is 3.74. The molecule has 1 aromatic rings. The summed E-state index contributed by atoms with van der Waals surface area (Å²) in [6, 6.07) is 5.04. The molecule has 0 aliphatic carbocycles. The van der Waals surface area contributed by atoms with Gasteiger partial charge in [-0.15, -0.1) is 0 Å². The molecule has 5 heteroatoms. The van der Waals surface area contributed by atoms with Crippen LogP contribution in [0, 0.1) is 0 Å². The topological polar surface area (TPSA) is 46.6 Å². The van der Waals surface area contributed by atoms with Crippen molar-refractivity contribution in [2.45, 2.75) is 13.3 Å². The molecule has 1 heterocycles. The summed E-state index contributed by atoms with van der Waals surface area (Å²) in [6.07, 6.45) is -0.0436. The van der Waals surface area contributed by atoms with Gasteiger partial charge in [0.1, 0.15) is 5.75 Å². The number of hydrogen-bond donors (Lipinski definition) is 0. The lowest BCUT2D eigenvalue weighted by Gasteiger charge is -2.19. The third-order valence-corrected chi connectivity index (χ3v) is 2.73. The zero-order valence-electron chi connectivity index (χ0n) is 9.40. The highest BCUT2D eigenvalue weighted by Gasteiger charge is 2.30. The number of amides is 1. The lowest BCUT2D eigenvalue weighted by Crippen LogP contribution is -2.25. The fourth-order valence-corrected chi connectivity index (χ4v) is 1.95. The molecule has 0 bridgehead atoms. The number of anilines is 1. The van der Waals surface area contributed by atoms with E-state index in [0.29, 0.717) is 23.1 Å². The van der Waals surface area contributed by atoms with Crippen LogP contribution >= 0.6 is 11.6 Å². The first-order chi connectivity index (χ1) is 8.11. The Bertz CT molecular complexity index is 473. The number of hydrogen-bond acceptors (Lipinski definition) is 3. The molecule has 17 heavy (non-hydrogen) atoms. The number of nitrogens with zero attached hydrogens (tertiary/aromatic N) is 1. The molecule has 0 N–H and O–H groups in total. The van der Waals surface area contributed by atoms with Crippen molar-refractivity contribution in [1.29, 1.82) is 0 Å². The average Bonchev–Trinajstić information content (AvgIpc) is 2.61. The van der Waals surface area contributed by atoms with Crippen molar-refractivity contribution < 1.29 is 14.3 Å². The first-order valence-corrected chi connectivity index (χ1v) is 5.74. The molecule has 4 nitrogen and oxygen atoms in total. The highest BCUT2D eigenvalue weighted by atomic mass is 35.5. The summed E-state index contributed by atoms with van der Waals surface area (Å²) in [5.41, 5.74) is 0.565. The zero-order valence-corrected chi connectivity index (χ0v) is 10.2. The van der Waals surface area contributed by atoms with Crippen molar-refractivity contribution in [3.05, 3.63) is 23.2 Å². The summed E-state index contributed by atoms with van der Waals surface area (Å²) in [5.74, 6) is 0.274. The molecule has 0 spiro atoms. The number of ether oxygens (including phenoxy) is 1. The van der Waals surface area contributed by atoms with Gasteiger partial charge in [0, 0.05) is 5.02 Å². The fraction of sp³-hybridized carbons (Fsp3) is 0.333. The molecule has 0 radical (unpaired) electrons. The summed E-state index contributed by atoms with van der Waals surface area (Å²) >= 11 is 5.90. The van der Waals surface area contributed by atoms with Crippen LogP contribution in [-0.2, 0) is 9.59 Å². The van der Waals surface area contributed by atoms with Crippen molar-refractivity contribution in [2.24, 2.45) is 0 Å². The average molecular weight is 254 g/mol. The second-order valence-corrected chi connectivity index (χ2v) is 4.18. The number of ketones is 1. The van der Waals surface area contributed by atoms with Crippen LogP contribution in [0.2, 0.25) is 5.02 Å². The Balaban J connectivity index is 2.39. The molecule has 1 saturated heterocycles. The van der Waals surface area contributed by atoms with Crippen LogP contribution in [-0.4, -0.2) is 24.8 Å². The van der Waals surface area contributed by atoms with Gasteiger partial charge in [-0.1, -0.05) is 11.6 Å². The molecule has 0 aromatic heterocycles. The molecule has 2 rings (SSSR count). The number of carbonyl (C=O) groups is 2. The van der Waals surface area contributed by atoms with Gasteiger partial charge in [0.2, 0.25) is 5.91 Å². The van der Waals surface area contributed by atoms with Crippen molar-refractivity contribution in [1.82, 2.24) is 0 Å². The highest BCUT2D eigenvalue weighted by molar-refractivity contribution is 6.31. The minimum Gasteiger partial charge on any atom is -0.492 e. The van der Waals surface area contributed by atoms with Gasteiger partial charge in [0.25, 0.3) is 0 Å². The van der Waals surface area contributed by atoms with Gasteiger partial charge in [0.15, 0.2) is 5.78 Å². The van der Waals surface area contributed by atoms with Crippen LogP contribution in [0.5, 0.6) is 5.75 Å². The van der Waals surface area contributed by atoms with Gasteiger partial charge in [-0.05, 0) is 25.1 Å². The van der Waals surface area contributed by atoms with Gasteiger partial charge in [0.05, 0.1) is 25.3 Å². The molecule has 0 unspecified atom stereocenters. The van der Waals surface area contributed by atoms with E-state index >= 15 is 0 Å². The molecular weight excluding hydrogens is 242 g/mol. The van der Waals surface area contributed by atoms with Crippen LogP contribution in [0.3, 0.4) is 0 Å². The Morgan fingerprint density at radius 3 is 2.76 bits per heavy atom. The normalized spacial score (nSPS) is 15.5. The van der Waals surface area contributed by atoms with E-state index in [0.717, 1.165) is 0 Å². The van der Waals surface area contributed by atoms with Gasteiger partial charge in [-0.3, -0.25) is 9.59 Å². The number of rotatable bonds is 3. The Labute approximate surface area is 104 Å². The smallest absolute Gasteiger partial charge is 0.235 e. The summed E-state index contributed by atoms with van der Waals surface area (Å²) in [4.78, 5) is 24.3. The maximum absolute atomic E-state index is 11.7. The van der Waals surface area contributed by atoms with E-state index in [9.17, 15) is 9.59 Å². The van der Waals surface area contributed by atoms with Gasteiger partial charge < -0.3 is 9.64 Å². The van der Waals surface area contributed by atoms with E-state index in [2.05, 4.69) is 0 Å². The zero-order chi connectivity index (χ0) is 12.4. The van der Waals surface area contributed by atoms with Crippen molar-refractivity contribution in [3.8, 4) is 5.75 Å². The first-order valence-electron chi connectivity index (χ1n) is 5.36. The molecule has 1 aromatic carbocycles. The van der Waals surface area contributed by atoms with Crippen molar-refractivity contribution in [2.75, 3.05) is 18.1 Å². The SMILES string of the molecule is CCOc1ccc(Cl)cc1N1CC(=O)CC1=O. The summed E-state index contributed by atoms with van der Waals surface area (Å²) in [7, 11) is 0. The third-order valence-electron chi connectivity index (χ3n) is 2.50. The van der Waals surface area contributed by atoms with E-state index in [-0.39, 0.29) is 24.7 Å².